The van der Waals surface area contributed by atoms with Gasteiger partial charge in [-0.2, -0.15) is 13.2 Å². The van der Waals surface area contributed by atoms with Crippen LogP contribution in [0.5, 0.6) is 5.88 Å². The van der Waals surface area contributed by atoms with Crippen molar-refractivity contribution in [1.29, 1.82) is 0 Å². The minimum atomic E-state index is -4.35. The molecule has 1 heterocycles. The quantitative estimate of drug-likeness (QED) is 0.485. The predicted octanol–water partition coefficient (Wildman–Crippen LogP) is 6.42. The molecule has 3 atom stereocenters. The molecule has 0 N–H and O–H groups in total. The van der Waals surface area contributed by atoms with E-state index in [0.29, 0.717) is 30.4 Å². The fourth-order valence-corrected chi connectivity index (χ4v) is 5.61. The van der Waals surface area contributed by atoms with Crippen LogP contribution in [-0.2, 0) is 25.6 Å². The van der Waals surface area contributed by atoms with Gasteiger partial charge in [0.2, 0.25) is 5.88 Å². The first-order chi connectivity index (χ1) is 15.0. The lowest BCUT2D eigenvalue weighted by Gasteiger charge is -2.19. The highest BCUT2D eigenvalue weighted by molar-refractivity contribution is 5.49. The van der Waals surface area contributed by atoms with Gasteiger partial charge < -0.3 is 4.74 Å². The molecule has 1 aromatic heterocycles. The van der Waals surface area contributed by atoms with E-state index in [1.54, 1.807) is 12.1 Å². The largest absolute Gasteiger partial charge is 0.473 e. The number of aromatic nitrogens is 1. The van der Waals surface area contributed by atoms with Gasteiger partial charge in [0, 0.05) is 18.2 Å². The third-order valence-corrected chi connectivity index (χ3v) is 7.19. The van der Waals surface area contributed by atoms with Crippen LogP contribution in [0.2, 0.25) is 0 Å². The first kappa shape index (κ1) is 18.9. The molecular formula is C26H22F3NO. The number of nitrogens with zero attached hydrogens (tertiary/aromatic N) is 1. The summed E-state index contributed by atoms with van der Waals surface area (Å²) in [5.74, 6) is 1.92. The summed E-state index contributed by atoms with van der Waals surface area (Å²) >= 11 is 0. The number of rotatable bonds is 4. The van der Waals surface area contributed by atoms with Crippen molar-refractivity contribution in [3.8, 4) is 5.88 Å². The number of ether oxygens (including phenoxy) is 1. The normalized spacial score (nSPS) is 23.3. The molecule has 1 fully saturated rings. The van der Waals surface area contributed by atoms with Gasteiger partial charge in [0.1, 0.15) is 6.61 Å². The average Bonchev–Trinajstić information content (AvgIpc) is 3.23. The van der Waals surface area contributed by atoms with Crippen molar-refractivity contribution in [3.05, 3.63) is 93.7 Å². The predicted molar refractivity (Wildman–Crippen MR) is 111 cm³/mol. The zero-order chi connectivity index (χ0) is 21.2. The SMILES string of the molecule is FC(F)(F)c1ccccc1C1CCc2c(COc3cc4c(cn3)C3CC3C4)cccc21. The Morgan fingerprint density at radius 1 is 1.00 bits per heavy atom. The van der Waals surface area contributed by atoms with Crippen LogP contribution < -0.4 is 4.74 Å². The Hall–Kier alpha value is -2.82. The smallest absolute Gasteiger partial charge is 0.416 e. The lowest BCUT2D eigenvalue weighted by atomic mass is 9.88. The van der Waals surface area contributed by atoms with E-state index >= 15 is 0 Å². The molecule has 2 nitrogen and oxygen atoms in total. The molecule has 0 amide bonds. The monoisotopic (exact) mass is 421 g/mol. The number of benzene rings is 2. The second-order valence-corrected chi connectivity index (χ2v) is 8.98. The molecule has 3 aliphatic rings. The van der Waals surface area contributed by atoms with Gasteiger partial charge in [-0.05, 0) is 77.0 Å². The maximum Gasteiger partial charge on any atom is 0.416 e. The fraction of sp³-hybridized carbons (Fsp3) is 0.346. The zero-order valence-corrected chi connectivity index (χ0v) is 17.0. The molecule has 3 unspecified atom stereocenters. The molecule has 0 aliphatic heterocycles. The van der Waals surface area contributed by atoms with Gasteiger partial charge in [-0.1, -0.05) is 36.4 Å². The molecule has 3 aliphatic carbocycles. The summed E-state index contributed by atoms with van der Waals surface area (Å²) in [4.78, 5) is 4.49. The molecule has 6 rings (SSSR count). The number of fused-ring (bicyclic) bond motifs is 4. The highest BCUT2D eigenvalue weighted by Crippen LogP contribution is 2.56. The van der Waals surface area contributed by atoms with Crippen molar-refractivity contribution < 1.29 is 17.9 Å². The van der Waals surface area contributed by atoms with Gasteiger partial charge in [-0.25, -0.2) is 4.98 Å². The van der Waals surface area contributed by atoms with Crippen LogP contribution in [0.3, 0.4) is 0 Å². The van der Waals surface area contributed by atoms with Crippen molar-refractivity contribution in [1.82, 2.24) is 4.98 Å². The van der Waals surface area contributed by atoms with Crippen molar-refractivity contribution in [3.63, 3.8) is 0 Å². The summed E-state index contributed by atoms with van der Waals surface area (Å²) in [6, 6.07) is 13.9. The van der Waals surface area contributed by atoms with Crippen LogP contribution >= 0.6 is 0 Å². The molecule has 3 aromatic rings. The minimum absolute atomic E-state index is 0.238. The number of hydrogen-bond donors (Lipinski definition) is 0. The molecule has 0 saturated heterocycles. The number of halogens is 3. The van der Waals surface area contributed by atoms with Crippen LogP contribution in [0.15, 0.2) is 54.7 Å². The van der Waals surface area contributed by atoms with Crippen LogP contribution in [-0.4, -0.2) is 4.98 Å². The molecule has 0 spiro atoms. The molecular weight excluding hydrogens is 399 g/mol. The number of hydrogen-bond acceptors (Lipinski definition) is 2. The standard InChI is InChI=1S/C26H22F3NO/c27-26(28,29)24-7-2-1-5-21(24)20-9-8-18-15(4-3-6-19(18)20)14-31-25-12-17-10-16-11-22(16)23(17)13-30-25/h1-7,12-13,16,20,22H,8-11,14H2. The molecule has 1 saturated carbocycles. The van der Waals surface area contributed by atoms with E-state index in [0.717, 1.165) is 35.4 Å². The Balaban J connectivity index is 1.26. The first-order valence-corrected chi connectivity index (χ1v) is 10.9. The van der Waals surface area contributed by atoms with Gasteiger partial charge in [0.05, 0.1) is 5.56 Å². The summed E-state index contributed by atoms with van der Waals surface area (Å²) < 4.78 is 46.7. The molecule has 0 bridgehead atoms. The van der Waals surface area contributed by atoms with Crippen LogP contribution in [0.1, 0.15) is 63.6 Å². The van der Waals surface area contributed by atoms with Gasteiger partial charge in [-0.3, -0.25) is 0 Å². The highest BCUT2D eigenvalue weighted by Gasteiger charge is 2.45. The Kier molecular flexibility index (Phi) is 4.17. The van der Waals surface area contributed by atoms with E-state index in [4.69, 9.17) is 4.74 Å². The van der Waals surface area contributed by atoms with Crippen molar-refractivity contribution in [2.24, 2.45) is 5.92 Å². The number of pyridine rings is 1. The van der Waals surface area contributed by atoms with Crippen molar-refractivity contribution >= 4 is 0 Å². The molecule has 5 heteroatoms. The van der Waals surface area contributed by atoms with E-state index in [1.807, 2.05) is 24.4 Å². The topological polar surface area (TPSA) is 22.1 Å². The third kappa shape index (κ3) is 3.22. The second-order valence-electron chi connectivity index (χ2n) is 8.98. The molecule has 158 valence electrons. The van der Waals surface area contributed by atoms with Crippen LogP contribution in [0.4, 0.5) is 13.2 Å². The summed E-state index contributed by atoms with van der Waals surface area (Å²) in [5, 5.41) is 0. The van der Waals surface area contributed by atoms with Crippen LogP contribution in [0.25, 0.3) is 0 Å². The lowest BCUT2D eigenvalue weighted by molar-refractivity contribution is -0.138. The highest BCUT2D eigenvalue weighted by atomic mass is 19.4. The molecule has 2 aromatic carbocycles. The Bertz CT molecular complexity index is 1170. The summed E-state index contributed by atoms with van der Waals surface area (Å²) in [6.45, 7) is 0.384. The maximum absolute atomic E-state index is 13.6. The Morgan fingerprint density at radius 3 is 2.71 bits per heavy atom. The maximum atomic E-state index is 13.6. The summed E-state index contributed by atoms with van der Waals surface area (Å²) in [7, 11) is 0. The van der Waals surface area contributed by atoms with Gasteiger partial charge in [-0.15, -0.1) is 0 Å². The number of alkyl halides is 3. The zero-order valence-electron chi connectivity index (χ0n) is 17.0. The van der Waals surface area contributed by atoms with Crippen LogP contribution in [0, 0.1) is 5.92 Å². The first-order valence-electron chi connectivity index (χ1n) is 10.9. The fourth-order valence-electron chi connectivity index (χ4n) is 5.61. The molecule has 0 radical (unpaired) electrons. The van der Waals surface area contributed by atoms with Crippen molar-refractivity contribution in [2.75, 3.05) is 0 Å². The van der Waals surface area contributed by atoms with Gasteiger partial charge >= 0.3 is 6.18 Å². The van der Waals surface area contributed by atoms with Gasteiger partial charge in [0.25, 0.3) is 0 Å². The van der Waals surface area contributed by atoms with E-state index in [1.165, 1.54) is 29.7 Å². The van der Waals surface area contributed by atoms with E-state index in [-0.39, 0.29) is 5.92 Å². The summed E-state index contributed by atoms with van der Waals surface area (Å²) in [6.07, 6.45) is 1.47. The van der Waals surface area contributed by atoms with E-state index < -0.39 is 11.7 Å². The summed E-state index contributed by atoms with van der Waals surface area (Å²) in [5.41, 5.74) is 5.71. The minimum Gasteiger partial charge on any atom is -0.473 e. The van der Waals surface area contributed by atoms with Gasteiger partial charge in [0.15, 0.2) is 0 Å². The van der Waals surface area contributed by atoms with E-state index in [2.05, 4.69) is 11.1 Å². The Morgan fingerprint density at radius 2 is 1.84 bits per heavy atom. The average molecular weight is 421 g/mol. The Labute approximate surface area is 179 Å². The third-order valence-electron chi connectivity index (χ3n) is 7.19. The van der Waals surface area contributed by atoms with Crippen molar-refractivity contribution in [2.45, 2.75) is 50.3 Å². The lowest BCUT2D eigenvalue weighted by Crippen LogP contribution is -2.11. The molecule has 31 heavy (non-hydrogen) atoms. The second kappa shape index (κ2) is 6.84. The van der Waals surface area contributed by atoms with E-state index in [9.17, 15) is 13.2 Å².